The van der Waals surface area contributed by atoms with Gasteiger partial charge in [-0.1, -0.05) is 18.2 Å². The number of hydrogen-bond acceptors (Lipinski definition) is 6. The fraction of sp³-hybridized carbons (Fsp3) is 0.0588. The summed E-state index contributed by atoms with van der Waals surface area (Å²) in [4.78, 5) is 4.12. The van der Waals surface area contributed by atoms with Crippen LogP contribution in [0, 0.1) is 5.82 Å². The van der Waals surface area contributed by atoms with Crippen molar-refractivity contribution >= 4 is 0 Å². The van der Waals surface area contributed by atoms with Gasteiger partial charge in [-0.25, -0.2) is 9.37 Å². The molecule has 0 aliphatic heterocycles. The van der Waals surface area contributed by atoms with Crippen molar-refractivity contribution in [3.63, 3.8) is 0 Å². The van der Waals surface area contributed by atoms with Crippen molar-refractivity contribution < 1.29 is 13.5 Å². The number of benzene rings is 2. The van der Waals surface area contributed by atoms with Crippen molar-refractivity contribution in [1.29, 1.82) is 0 Å². The highest BCUT2D eigenvalue weighted by Crippen LogP contribution is 2.27. The summed E-state index contributed by atoms with van der Waals surface area (Å²) < 4.78 is 24.6. The molecular weight excluding hydrogens is 325 g/mol. The maximum Gasteiger partial charge on any atom is 0.254 e. The molecule has 0 aliphatic rings. The number of aromatic amines is 1. The van der Waals surface area contributed by atoms with Gasteiger partial charge in [-0.05, 0) is 30.3 Å². The third-order valence-electron chi connectivity index (χ3n) is 3.45. The van der Waals surface area contributed by atoms with Crippen LogP contribution in [0.2, 0.25) is 0 Å². The Kier molecular flexibility index (Phi) is 3.91. The molecule has 0 spiro atoms. The van der Waals surface area contributed by atoms with Crippen molar-refractivity contribution in [2.24, 2.45) is 0 Å². The molecule has 4 aromatic rings. The third-order valence-corrected chi connectivity index (χ3v) is 3.45. The first kappa shape index (κ1) is 15.0. The number of aromatic nitrogens is 5. The van der Waals surface area contributed by atoms with Crippen LogP contribution in [0.25, 0.3) is 22.8 Å². The highest BCUT2D eigenvalue weighted by Gasteiger charge is 2.12. The zero-order valence-electron chi connectivity index (χ0n) is 12.9. The molecule has 2 heterocycles. The Balaban J connectivity index is 1.52. The molecular formula is C17H12FN5O2. The number of ether oxygens (including phenoxy) is 1. The van der Waals surface area contributed by atoms with E-state index < -0.39 is 0 Å². The summed E-state index contributed by atoms with van der Waals surface area (Å²) in [5.41, 5.74) is 1.28. The van der Waals surface area contributed by atoms with Crippen molar-refractivity contribution in [3.05, 3.63) is 66.6 Å². The number of rotatable bonds is 5. The van der Waals surface area contributed by atoms with Crippen LogP contribution in [-0.2, 0) is 6.61 Å². The van der Waals surface area contributed by atoms with Crippen LogP contribution in [0.4, 0.5) is 4.39 Å². The lowest BCUT2D eigenvalue weighted by Crippen LogP contribution is -1.97. The fourth-order valence-corrected chi connectivity index (χ4v) is 2.31. The zero-order valence-corrected chi connectivity index (χ0v) is 12.9. The summed E-state index contributed by atoms with van der Waals surface area (Å²) in [5.74, 6) is 1.36. The molecule has 0 saturated heterocycles. The third kappa shape index (κ3) is 3.23. The average molecular weight is 337 g/mol. The van der Waals surface area contributed by atoms with Gasteiger partial charge in [0.2, 0.25) is 5.89 Å². The Labute approximate surface area is 141 Å². The molecule has 0 amide bonds. The largest absolute Gasteiger partial charge is 0.483 e. The molecule has 0 atom stereocenters. The van der Waals surface area contributed by atoms with Crippen molar-refractivity contribution in [2.75, 3.05) is 0 Å². The van der Waals surface area contributed by atoms with Crippen LogP contribution in [0.15, 0.2) is 59.3 Å². The first-order chi connectivity index (χ1) is 12.3. The number of para-hydroxylation sites is 1. The van der Waals surface area contributed by atoms with Crippen molar-refractivity contribution in [3.8, 4) is 28.6 Å². The predicted molar refractivity (Wildman–Crippen MR) is 85.8 cm³/mol. The lowest BCUT2D eigenvalue weighted by molar-refractivity contribution is 0.265. The normalized spacial score (nSPS) is 10.8. The molecule has 2 aromatic heterocycles. The molecule has 0 bridgehead atoms. The minimum absolute atomic E-state index is 0.0769. The molecule has 2 aromatic carbocycles. The Morgan fingerprint density at radius 3 is 2.84 bits per heavy atom. The maximum atomic E-state index is 13.3. The highest BCUT2D eigenvalue weighted by molar-refractivity contribution is 5.63. The minimum atomic E-state index is -0.366. The molecule has 0 radical (unpaired) electrons. The van der Waals surface area contributed by atoms with E-state index in [9.17, 15) is 4.39 Å². The molecule has 8 heteroatoms. The van der Waals surface area contributed by atoms with Gasteiger partial charge in [0.05, 0.1) is 5.56 Å². The summed E-state index contributed by atoms with van der Waals surface area (Å²) in [6, 6.07) is 13.4. The summed E-state index contributed by atoms with van der Waals surface area (Å²) in [6.07, 6.45) is 1.43. The predicted octanol–water partition coefficient (Wildman–Crippen LogP) is 3.24. The first-order valence-corrected chi connectivity index (χ1v) is 7.45. The van der Waals surface area contributed by atoms with Crippen LogP contribution in [-0.4, -0.2) is 25.4 Å². The van der Waals surface area contributed by atoms with Crippen molar-refractivity contribution in [1.82, 2.24) is 25.4 Å². The number of H-pyrrole nitrogens is 1. The van der Waals surface area contributed by atoms with Crippen LogP contribution >= 0.6 is 0 Å². The van der Waals surface area contributed by atoms with Gasteiger partial charge in [0.25, 0.3) is 5.89 Å². The second-order valence-electron chi connectivity index (χ2n) is 5.13. The second kappa shape index (κ2) is 6.52. The molecule has 4 rings (SSSR count). The first-order valence-electron chi connectivity index (χ1n) is 7.45. The molecule has 0 unspecified atom stereocenters. The Bertz CT molecular complexity index is 984. The molecule has 7 nitrogen and oxygen atoms in total. The summed E-state index contributed by atoms with van der Waals surface area (Å²) in [7, 11) is 0. The van der Waals surface area contributed by atoms with Crippen LogP contribution in [0.5, 0.6) is 5.75 Å². The Hall–Kier alpha value is -3.55. The van der Waals surface area contributed by atoms with E-state index in [1.54, 1.807) is 12.1 Å². The molecule has 0 fully saturated rings. The summed E-state index contributed by atoms with van der Waals surface area (Å²) in [6.45, 7) is 0.0769. The van der Waals surface area contributed by atoms with E-state index in [-0.39, 0.29) is 24.2 Å². The van der Waals surface area contributed by atoms with E-state index in [0.717, 1.165) is 5.56 Å². The van der Waals surface area contributed by atoms with Crippen LogP contribution in [0.3, 0.4) is 0 Å². The van der Waals surface area contributed by atoms with Gasteiger partial charge in [-0.3, -0.25) is 5.10 Å². The molecule has 124 valence electrons. The minimum Gasteiger partial charge on any atom is -0.483 e. The van der Waals surface area contributed by atoms with Gasteiger partial charge < -0.3 is 9.15 Å². The lowest BCUT2D eigenvalue weighted by Gasteiger charge is -2.07. The van der Waals surface area contributed by atoms with E-state index in [2.05, 4.69) is 25.4 Å². The van der Waals surface area contributed by atoms with Crippen LogP contribution < -0.4 is 4.74 Å². The van der Waals surface area contributed by atoms with Gasteiger partial charge in [0, 0.05) is 5.56 Å². The number of halogens is 1. The fourth-order valence-electron chi connectivity index (χ4n) is 2.31. The number of nitrogens with one attached hydrogen (secondary N) is 1. The molecule has 0 aliphatic carbocycles. The topological polar surface area (TPSA) is 89.7 Å². The Morgan fingerprint density at radius 1 is 1.08 bits per heavy atom. The molecule has 0 saturated carbocycles. The highest BCUT2D eigenvalue weighted by atomic mass is 19.1. The van der Waals surface area contributed by atoms with E-state index in [1.807, 2.05) is 24.3 Å². The SMILES string of the molecule is Fc1cccc(-c2nnc(COc3ccccc3-c3ncn[nH]3)o2)c1. The zero-order chi connectivity index (χ0) is 17.1. The second-order valence-corrected chi connectivity index (χ2v) is 5.13. The van der Waals surface area contributed by atoms with E-state index in [0.29, 0.717) is 17.1 Å². The molecule has 1 N–H and O–H groups in total. The van der Waals surface area contributed by atoms with Gasteiger partial charge in [-0.2, -0.15) is 5.10 Å². The van der Waals surface area contributed by atoms with E-state index in [1.165, 1.54) is 18.5 Å². The molecule has 25 heavy (non-hydrogen) atoms. The monoisotopic (exact) mass is 337 g/mol. The standard InChI is InChI=1S/C17H12FN5O2/c18-12-5-3-4-11(8-12)17-23-21-15(25-17)9-24-14-7-2-1-6-13(14)16-19-10-20-22-16/h1-8,10H,9H2,(H,19,20,22). The number of nitrogens with zero attached hydrogens (tertiary/aromatic N) is 4. The number of hydrogen-bond donors (Lipinski definition) is 1. The van der Waals surface area contributed by atoms with Gasteiger partial charge in [0.1, 0.15) is 17.9 Å². The van der Waals surface area contributed by atoms with Gasteiger partial charge >= 0.3 is 0 Å². The van der Waals surface area contributed by atoms with E-state index >= 15 is 0 Å². The van der Waals surface area contributed by atoms with Gasteiger partial charge in [-0.15, -0.1) is 10.2 Å². The summed E-state index contributed by atoms with van der Waals surface area (Å²) >= 11 is 0. The smallest absolute Gasteiger partial charge is 0.254 e. The lowest BCUT2D eigenvalue weighted by atomic mass is 10.2. The van der Waals surface area contributed by atoms with E-state index in [4.69, 9.17) is 9.15 Å². The van der Waals surface area contributed by atoms with Crippen LogP contribution in [0.1, 0.15) is 5.89 Å². The maximum absolute atomic E-state index is 13.3. The quantitative estimate of drug-likeness (QED) is 0.601. The Morgan fingerprint density at radius 2 is 2.00 bits per heavy atom. The average Bonchev–Trinajstić information content (AvgIpc) is 3.32. The van der Waals surface area contributed by atoms with Gasteiger partial charge in [0.15, 0.2) is 12.4 Å². The summed E-state index contributed by atoms with van der Waals surface area (Å²) in [5, 5.41) is 14.5. The van der Waals surface area contributed by atoms with Crippen molar-refractivity contribution in [2.45, 2.75) is 6.61 Å².